The predicted molar refractivity (Wildman–Crippen MR) is 91.6 cm³/mol. The Morgan fingerprint density at radius 3 is 2.75 bits per heavy atom. The predicted octanol–water partition coefficient (Wildman–Crippen LogP) is 3.08. The monoisotopic (exact) mass is 319 g/mol. The Hall–Kier alpha value is -3.21. The average Bonchev–Trinajstić information content (AvgIpc) is 2.67. The first-order chi connectivity index (χ1) is 11.8. The second-order valence-electron chi connectivity index (χ2n) is 5.21. The molecule has 3 rings (SSSR count). The molecule has 0 spiro atoms. The number of hydrogen-bond acceptors (Lipinski definition) is 4. The van der Waals surface area contributed by atoms with Crippen molar-refractivity contribution in [3.63, 3.8) is 0 Å². The Morgan fingerprint density at radius 1 is 1.12 bits per heavy atom. The minimum Gasteiger partial charge on any atom is -0.497 e. The quantitative estimate of drug-likeness (QED) is 0.785. The van der Waals surface area contributed by atoms with Crippen LogP contribution >= 0.6 is 0 Å². The number of ether oxygens (including phenoxy) is 1. The van der Waals surface area contributed by atoms with Gasteiger partial charge in [-0.25, -0.2) is 0 Å². The number of nitrogens with zero attached hydrogens (tertiary/aromatic N) is 2. The van der Waals surface area contributed by atoms with E-state index in [1.165, 1.54) is 0 Å². The number of methoxy groups -OCH3 is 1. The summed E-state index contributed by atoms with van der Waals surface area (Å²) in [6, 6.07) is 14.8. The Bertz CT molecular complexity index is 818. The smallest absolute Gasteiger partial charge is 0.251 e. The third kappa shape index (κ3) is 3.76. The van der Waals surface area contributed by atoms with Gasteiger partial charge in [0.15, 0.2) is 0 Å². The third-order valence-corrected chi connectivity index (χ3v) is 3.57. The highest BCUT2D eigenvalue weighted by Gasteiger charge is 2.07. The third-order valence-electron chi connectivity index (χ3n) is 3.57. The standard InChI is InChI=1S/C19H17N3O2/c1-24-17-6-2-4-15(10-17)19(23)22-12-14-7-8-18(21-11-14)16-5-3-9-20-13-16/h2-11,13H,12H2,1H3,(H,22,23). The lowest BCUT2D eigenvalue weighted by atomic mass is 10.1. The van der Waals surface area contributed by atoms with Crippen LogP contribution < -0.4 is 10.1 Å². The number of carbonyl (C=O) groups is 1. The van der Waals surface area contributed by atoms with E-state index in [0.717, 1.165) is 16.8 Å². The van der Waals surface area contributed by atoms with Crippen LogP contribution in [0.1, 0.15) is 15.9 Å². The molecule has 1 aromatic carbocycles. The molecule has 5 nitrogen and oxygen atoms in total. The van der Waals surface area contributed by atoms with Crippen LogP contribution in [0, 0.1) is 0 Å². The van der Waals surface area contributed by atoms with Gasteiger partial charge in [-0.05, 0) is 42.0 Å². The zero-order valence-electron chi connectivity index (χ0n) is 13.3. The molecular formula is C19H17N3O2. The van der Waals surface area contributed by atoms with Crippen molar-refractivity contribution in [2.45, 2.75) is 6.54 Å². The fourth-order valence-corrected chi connectivity index (χ4v) is 2.26. The summed E-state index contributed by atoms with van der Waals surface area (Å²) in [6.07, 6.45) is 5.26. The highest BCUT2D eigenvalue weighted by atomic mass is 16.5. The first kappa shape index (κ1) is 15.7. The topological polar surface area (TPSA) is 64.1 Å². The molecule has 5 heteroatoms. The van der Waals surface area contributed by atoms with Crippen molar-refractivity contribution in [2.24, 2.45) is 0 Å². The molecule has 2 heterocycles. The summed E-state index contributed by atoms with van der Waals surface area (Å²) in [6.45, 7) is 0.413. The molecule has 0 aliphatic rings. The molecule has 1 N–H and O–H groups in total. The zero-order valence-corrected chi connectivity index (χ0v) is 13.3. The van der Waals surface area contributed by atoms with E-state index in [-0.39, 0.29) is 5.91 Å². The van der Waals surface area contributed by atoms with Gasteiger partial charge in [0.25, 0.3) is 5.91 Å². The Balaban J connectivity index is 1.63. The normalized spacial score (nSPS) is 10.2. The maximum absolute atomic E-state index is 12.2. The van der Waals surface area contributed by atoms with Crippen molar-refractivity contribution in [3.8, 4) is 17.0 Å². The number of carbonyl (C=O) groups excluding carboxylic acids is 1. The number of hydrogen-bond donors (Lipinski definition) is 1. The summed E-state index contributed by atoms with van der Waals surface area (Å²) in [5.41, 5.74) is 3.31. The molecule has 0 saturated heterocycles. The van der Waals surface area contributed by atoms with Crippen molar-refractivity contribution >= 4 is 5.91 Å². The SMILES string of the molecule is COc1cccc(C(=O)NCc2ccc(-c3cccnc3)nc2)c1. The molecule has 0 aliphatic carbocycles. The summed E-state index contributed by atoms with van der Waals surface area (Å²) in [5, 5.41) is 2.88. The first-order valence-electron chi connectivity index (χ1n) is 7.54. The van der Waals surface area contributed by atoms with Gasteiger partial charge in [0.05, 0.1) is 12.8 Å². The van der Waals surface area contributed by atoms with Gasteiger partial charge in [-0.1, -0.05) is 12.1 Å². The van der Waals surface area contributed by atoms with Gasteiger partial charge in [0, 0.05) is 36.3 Å². The van der Waals surface area contributed by atoms with Gasteiger partial charge in [-0.3, -0.25) is 14.8 Å². The van der Waals surface area contributed by atoms with Crippen LogP contribution in [-0.4, -0.2) is 23.0 Å². The van der Waals surface area contributed by atoms with Crippen molar-refractivity contribution in [2.75, 3.05) is 7.11 Å². The zero-order chi connectivity index (χ0) is 16.8. The molecule has 2 aromatic heterocycles. The number of benzene rings is 1. The van der Waals surface area contributed by atoms with Crippen molar-refractivity contribution < 1.29 is 9.53 Å². The second kappa shape index (κ2) is 7.37. The van der Waals surface area contributed by atoms with Gasteiger partial charge in [0.2, 0.25) is 0 Å². The van der Waals surface area contributed by atoms with Crippen LogP contribution in [-0.2, 0) is 6.54 Å². The Kier molecular flexibility index (Phi) is 4.81. The van der Waals surface area contributed by atoms with Gasteiger partial charge in [-0.15, -0.1) is 0 Å². The minimum atomic E-state index is -0.148. The summed E-state index contributed by atoms with van der Waals surface area (Å²) in [5.74, 6) is 0.510. The van der Waals surface area contributed by atoms with E-state index in [0.29, 0.717) is 17.9 Å². The highest BCUT2D eigenvalue weighted by Crippen LogP contribution is 2.15. The number of pyridine rings is 2. The summed E-state index contributed by atoms with van der Waals surface area (Å²) in [7, 11) is 1.58. The van der Waals surface area contributed by atoms with Crippen molar-refractivity contribution in [1.82, 2.24) is 15.3 Å². The van der Waals surface area contributed by atoms with Crippen LogP contribution in [0.3, 0.4) is 0 Å². The lowest BCUT2D eigenvalue weighted by Gasteiger charge is -2.07. The van der Waals surface area contributed by atoms with Gasteiger partial charge in [0.1, 0.15) is 5.75 Å². The minimum absolute atomic E-state index is 0.148. The summed E-state index contributed by atoms with van der Waals surface area (Å²) in [4.78, 5) is 20.7. The maximum atomic E-state index is 12.2. The van der Waals surface area contributed by atoms with Crippen LogP contribution in [0.2, 0.25) is 0 Å². The van der Waals surface area contributed by atoms with E-state index >= 15 is 0 Å². The fourth-order valence-electron chi connectivity index (χ4n) is 2.26. The molecule has 3 aromatic rings. The molecule has 0 saturated carbocycles. The summed E-state index contributed by atoms with van der Waals surface area (Å²) < 4.78 is 5.13. The molecule has 24 heavy (non-hydrogen) atoms. The molecule has 0 radical (unpaired) electrons. The van der Waals surface area contributed by atoms with E-state index in [4.69, 9.17) is 4.74 Å². The molecule has 1 amide bonds. The maximum Gasteiger partial charge on any atom is 0.251 e. The van der Waals surface area contributed by atoms with Crippen molar-refractivity contribution in [1.29, 1.82) is 0 Å². The van der Waals surface area contributed by atoms with E-state index < -0.39 is 0 Å². The van der Waals surface area contributed by atoms with Crippen molar-refractivity contribution in [3.05, 3.63) is 78.2 Å². The van der Waals surface area contributed by atoms with Gasteiger partial charge < -0.3 is 10.1 Å². The molecule has 0 bridgehead atoms. The van der Waals surface area contributed by atoms with Crippen LogP contribution in [0.4, 0.5) is 0 Å². The second-order valence-corrected chi connectivity index (χ2v) is 5.21. The fraction of sp³-hybridized carbons (Fsp3) is 0.105. The molecule has 120 valence electrons. The molecule has 0 aliphatic heterocycles. The summed E-state index contributed by atoms with van der Waals surface area (Å²) >= 11 is 0. The number of amides is 1. The van der Waals surface area contributed by atoms with Crippen LogP contribution in [0.5, 0.6) is 5.75 Å². The first-order valence-corrected chi connectivity index (χ1v) is 7.54. The number of rotatable bonds is 5. The van der Waals surface area contributed by atoms with Gasteiger partial charge >= 0.3 is 0 Å². The van der Waals surface area contributed by atoms with E-state index in [2.05, 4.69) is 15.3 Å². The highest BCUT2D eigenvalue weighted by molar-refractivity contribution is 5.94. The molecular weight excluding hydrogens is 302 g/mol. The van der Waals surface area contributed by atoms with Crippen LogP contribution in [0.15, 0.2) is 67.1 Å². The van der Waals surface area contributed by atoms with E-state index in [1.54, 1.807) is 50.0 Å². The molecule has 0 unspecified atom stereocenters. The Morgan fingerprint density at radius 2 is 2.04 bits per heavy atom. The number of aromatic nitrogens is 2. The van der Waals surface area contributed by atoms with Crippen LogP contribution in [0.25, 0.3) is 11.3 Å². The largest absolute Gasteiger partial charge is 0.497 e. The average molecular weight is 319 g/mol. The lowest BCUT2D eigenvalue weighted by molar-refractivity contribution is 0.0950. The Labute approximate surface area is 140 Å². The number of nitrogens with one attached hydrogen (secondary N) is 1. The lowest BCUT2D eigenvalue weighted by Crippen LogP contribution is -2.22. The van der Waals surface area contributed by atoms with E-state index in [9.17, 15) is 4.79 Å². The van der Waals surface area contributed by atoms with Gasteiger partial charge in [-0.2, -0.15) is 0 Å². The molecule has 0 atom stereocenters. The van der Waals surface area contributed by atoms with E-state index in [1.807, 2.05) is 24.3 Å². The molecule has 0 fully saturated rings.